The highest BCUT2D eigenvalue weighted by Crippen LogP contribution is 2.20. The molecule has 3 rings (SSSR count). The number of carbonyl (C=O) groups excluding carboxylic acids is 1. The van der Waals surface area contributed by atoms with Gasteiger partial charge in [0.25, 0.3) is 5.91 Å². The molecule has 4 N–H and O–H groups in total. The van der Waals surface area contributed by atoms with Crippen LogP contribution >= 0.6 is 23.2 Å². The summed E-state index contributed by atoms with van der Waals surface area (Å²) in [5, 5.41) is 11.4. The Labute approximate surface area is 178 Å². The maximum atomic E-state index is 12.7. The number of nitrogen functional groups attached to an aromatic ring is 1. The van der Waals surface area contributed by atoms with E-state index in [0.29, 0.717) is 39.0 Å². The number of rotatable bonds is 7. The van der Waals surface area contributed by atoms with E-state index >= 15 is 0 Å². The third-order valence-corrected chi connectivity index (χ3v) is 4.73. The minimum absolute atomic E-state index is 0.00448. The fraction of sp³-hybridized carbons (Fsp3) is 0.0909. The van der Waals surface area contributed by atoms with Crippen molar-refractivity contribution in [2.75, 3.05) is 0 Å². The van der Waals surface area contributed by atoms with Crippen LogP contribution in [0.1, 0.15) is 27.0 Å². The van der Waals surface area contributed by atoms with Gasteiger partial charge in [0, 0.05) is 33.3 Å². The Hall–Kier alpha value is -3.02. The van der Waals surface area contributed by atoms with Gasteiger partial charge in [-0.2, -0.15) is 0 Å². The zero-order valence-corrected chi connectivity index (χ0v) is 16.9. The fourth-order valence-corrected chi connectivity index (χ4v) is 2.96. The largest absolute Gasteiger partial charge is 0.489 e. The molecule has 0 fully saturated rings. The number of benzene rings is 3. The highest BCUT2D eigenvalue weighted by atomic mass is 35.5. The Morgan fingerprint density at radius 2 is 1.62 bits per heavy atom. The van der Waals surface area contributed by atoms with Crippen molar-refractivity contribution in [3.8, 4) is 5.75 Å². The molecular formula is C22H19Cl2N3O2. The van der Waals surface area contributed by atoms with Gasteiger partial charge >= 0.3 is 0 Å². The molecule has 0 saturated heterocycles. The Bertz CT molecular complexity index is 1020. The molecular weight excluding hydrogens is 409 g/mol. The van der Waals surface area contributed by atoms with E-state index in [9.17, 15) is 4.79 Å². The van der Waals surface area contributed by atoms with Crippen LogP contribution in [-0.4, -0.2) is 11.7 Å². The summed E-state index contributed by atoms with van der Waals surface area (Å²) in [7, 11) is 0. The Balaban J connectivity index is 1.68. The van der Waals surface area contributed by atoms with Gasteiger partial charge < -0.3 is 15.8 Å². The molecule has 0 aromatic heterocycles. The molecule has 0 spiro atoms. The van der Waals surface area contributed by atoms with Crippen LogP contribution in [0.4, 0.5) is 0 Å². The molecule has 0 unspecified atom stereocenters. The molecule has 1 amide bonds. The van der Waals surface area contributed by atoms with Crippen molar-refractivity contribution < 1.29 is 9.53 Å². The standard InChI is InChI=1S/C22H19Cl2N3O2/c23-17-7-9-19(10-8-17)29-13-16-5-6-18(24)11-20(16)22(28)27-12-14-1-3-15(4-2-14)21(25)26/h1-11H,12-13H2,(H3,25,26)(H,27,28). The molecule has 7 heteroatoms. The van der Waals surface area contributed by atoms with E-state index in [1.807, 2.05) is 12.1 Å². The molecule has 0 aliphatic rings. The lowest BCUT2D eigenvalue weighted by molar-refractivity contribution is 0.0948. The summed E-state index contributed by atoms with van der Waals surface area (Å²) in [6.45, 7) is 0.551. The van der Waals surface area contributed by atoms with Crippen LogP contribution in [0, 0.1) is 5.41 Å². The molecule has 29 heavy (non-hydrogen) atoms. The SMILES string of the molecule is N=C(N)c1ccc(CNC(=O)c2cc(Cl)ccc2COc2ccc(Cl)cc2)cc1. The van der Waals surface area contributed by atoms with Crippen LogP contribution in [0.25, 0.3) is 0 Å². The number of hydrogen-bond acceptors (Lipinski definition) is 3. The first kappa shape index (κ1) is 20.7. The normalized spacial score (nSPS) is 10.4. The smallest absolute Gasteiger partial charge is 0.252 e. The first-order valence-electron chi connectivity index (χ1n) is 8.80. The van der Waals surface area contributed by atoms with Gasteiger partial charge in [-0.25, -0.2) is 0 Å². The van der Waals surface area contributed by atoms with Gasteiger partial charge in [0.15, 0.2) is 0 Å². The van der Waals surface area contributed by atoms with Crippen molar-refractivity contribution in [2.24, 2.45) is 5.73 Å². The third-order valence-electron chi connectivity index (χ3n) is 4.24. The molecule has 5 nitrogen and oxygen atoms in total. The molecule has 0 radical (unpaired) electrons. The molecule has 0 atom stereocenters. The summed E-state index contributed by atoms with van der Waals surface area (Å²) in [6.07, 6.45) is 0. The summed E-state index contributed by atoms with van der Waals surface area (Å²) in [6, 6.07) is 19.3. The van der Waals surface area contributed by atoms with Crippen LogP contribution in [0.5, 0.6) is 5.75 Å². The zero-order chi connectivity index (χ0) is 20.8. The first-order chi connectivity index (χ1) is 13.9. The van der Waals surface area contributed by atoms with Crippen LogP contribution in [0.2, 0.25) is 10.0 Å². The van der Waals surface area contributed by atoms with Gasteiger partial charge in [-0.3, -0.25) is 10.2 Å². The maximum absolute atomic E-state index is 12.7. The maximum Gasteiger partial charge on any atom is 0.252 e. The van der Waals surface area contributed by atoms with Crippen molar-refractivity contribution in [3.05, 3.63) is 99.0 Å². The van der Waals surface area contributed by atoms with Gasteiger partial charge in [-0.1, -0.05) is 53.5 Å². The number of nitrogens with two attached hydrogens (primary N) is 1. The number of nitrogens with one attached hydrogen (secondary N) is 2. The lowest BCUT2D eigenvalue weighted by Crippen LogP contribution is -2.24. The highest BCUT2D eigenvalue weighted by Gasteiger charge is 2.13. The van der Waals surface area contributed by atoms with Crippen LogP contribution in [0.15, 0.2) is 66.7 Å². The quantitative estimate of drug-likeness (QED) is 0.374. The molecule has 3 aromatic rings. The first-order valence-corrected chi connectivity index (χ1v) is 9.56. The van der Waals surface area contributed by atoms with E-state index < -0.39 is 0 Å². The molecule has 0 aliphatic carbocycles. The van der Waals surface area contributed by atoms with E-state index in [1.54, 1.807) is 54.6 Å². The molecule has 0 saturated carbocycles. The Morgan fingerprint density at radius 1 is 0.966 bits per heavy atom. The van der Waals surface area contributed by atoms with Crippen molar-refractivity contribution >= 4 is 34.9 Å². The second-order valence-electron chi connectivity index (χ2n) is 6.34. The third kappa shape index (κ3) is 5.73. The molecule has 0 aliphatic heterocycles. The van der Waals surface area contributed by atoms with Gasteiger partial charge in [0.05, 0.1) is 0 Å². The number of amidine groups is 1. The number of carbonyl (C=O) groups is 1. The van der Waals surface area contributed by atoms with Crippen molar-refractivity contribution in [1.29, 1.82) is 5.41 Å². The van der Waals surface area contributed by atoms with E-state index in [-0.39, 0.29) is 18.3 Å². The number of ether oxygens (including phenoxy) is 1. The van der Waals surface area contributed by atoms with Crippen LogP contribution < -0.4 is 15.8 Å². The van der Waals surface area contributed by atoms with Crippen molar-refractivity contribution in [2.45, 2.75) is 13.2 Å². The van der Waals surface area contributed by atoms with Crippen LogP contribution in [-0.2, 0) is 13.2 Å². The van der Waals surface area contributed by atoms with Crippen LogP contribution in [0.3, 0.4) is 0 Å². The van der Waals surface area contributed by atoms with E-state index in [1.165, 1.54) is 0 Å². The Kier molecular flexibility index (Phi) is 6.75. The lowest BCUT2D eigenvalue weighted by atomic mass is 10.1. The second-order valence-corrected chi connectivity index (χ2v) is 7.21. The van der Waals surface area contributed by atoms with Gasteiger partial charge in [0.2, 0.25) is 0 Å². The van der Waals surface area contributed by atoms with Gasteiger partial charge in [-0.15, -0.1) is 0 Å². The van der Waals surface area contributed by atoms with E-state index in [0.717, 1.165) is 5.56 Å². The van der Waals surface area contributed by atoms with Crippen molar-refractivity contribution in [1.82, 2.24) is 5.32 Å². The summed E-state index contributed by atoms with van der Waals surface area (Å²) in [5.41, 5.74) is 8.15. The predicted octanol–water partition coefficient (Wildman–Crippen LogP) is 4.79. The summed E-state index contributed by atoms with van der Waals surface area (Å²) < 4.78 is 5.76. The lowest BCUT2D eigenvalue weighted by Gasteiger charge is -2.12. The summed E-state index contributed by atoms with van der Waals surface area (Å²) >= 11 is 12.0. The molecule has 148 valence electrons. The Morgan fingerprint density at radius 3 is 2.28 bits per heavy atom. The number of hydrogen-bond donors (Lipinski definition) is 3. The van der Waals surface area contributed by atoms with E-state index in [4.69, 9.17) is 39.1 Å². The van der Waals surface area contributed by atoms with E-state index in [2.05, 4.69) is 5.32 Å². The second kappa shape index (κ2) is 9.45. The monoisotopic (exact) mass is 427 g/mol. The molecule has 3 aromatic carbocycles. The van der Waals surface area contributed by atoms with Gasteiger partial charge in [0.1, 0.15) is 18.2 Å². The minimum atomic E-state index is -0.252. The number of amides is 1. The highest BCUT2D eigenvalue weighted by molar-refractivity contribution is 6.31. The topological polar surface area (TPSA) is 88.2 Å². The molecule has 0 bridgehead atoms. The van der Waals surface area contributed by atoms with Crippen molar-refractivity contribution in [3.63, 3.8) is 0 Å². The molecule has 0 heterocycles. The number of halogens is 2. The fourth-order valence-electron chi connectivity index (χ4n) is 2.66. The van der Waals surface area contributed by atoms with Gasteiger partial charge in [-0.05, 0) is 42.0 Å². The summed E-state index contributed by atoms with van der Waals surface area (Å²) in [5.74, 6) is 0.406. The average Bonchev–Trinajstić information content (AvgIpc) is 2.72. The summed E-state index contributed by atoms with van der Waals surface area (Å²) in [4.78, 5) is 12.7. The average molecular weight is 428 g/mol. The predicted molar refractivity (Wildman–Crippen MR) is 116 cm³/mol. The minimum Gasteiger partial charge on any atom is -0.489 e. The zero-order valence-electron chi connectivity index (χ0n) is 15.4.